The summed E-state index contributed by atoms with van der Waals surface area (Å²) < 4.78 is 5.30. The van der Waals surface area contributed by atoms with E-state index in [-0.39, 0.29) is 0 Å². The Bertz CT molecular complexity index is 489. The minimum Gasteiger partial charge on any atom is -0.466 e. The van der Waals surface area contributed by atoms with Gasteiger partial charge in [-0.15, -0.1) is 0 Å². The lowest BCUT2D eigenvalue weighted by Crippen LogP contribution is -2.57. The van der Waals surface area contributed by atoms with Gasteiger partial charge in [-0.3, -0.25) is 9.59 Å². The Morgan fingerprint density at radius 3 is 2.88 bits per heavy atom. The molecule has 3 N–H and O–H groups in total. The first kappa shape index (κ1) is 10.8. The molecular weight excluding hydrogens is 232 g/mol. The molecule has 1 aromatic rings. The molecule has 0 saturated heterocycles. The highest BCUT2D eigenvalue weighted by Gasteiger charge is 2.45. The summed E-state index contributed by atoms with van der Waals surface area (Å²) in [6, 6.07) is 4.70. The van der Waals surface area contributed by atoms with E-state index in [4.69, 9.17) is 22.1 Å². The number of rotatable bonds is 1. The van der Waals surface area contributed by atoms with Crippen LogP contribution in [0.5, 0.6) is 5.75 Å². The van der Waals surface area contributed by atoms with Gasteiger partial charge < -0.3 is 15.8 Å². The van der Waals surface area contributed by atoms with Crippen LogP contribution >= 0.6 is 11.6 Å². The number of carbonyl (C=O) groups is 2. The van der Waals surface area contributed by atoms with Gasteiger partial charge in [0.1, 0.15) is 5.75 Å². The summed E-state index contributed by atoms with van der Waals surface area (Å²) in [5, 5.41) is 2.99. The molecular formula is C10H9ClN2O3. The molecule has 16 heavy (non-hydrogen) atoms. The number of fused-ring (bicyclic) bond motifs is 1. The van der Waals surface area contributed by atoms with Gasteiger partial charge in [-0.1, -0.05) is 11.6 Å². The minimum atomic E-state index is -1.68. The van der Waals surface area contributed by atoms with Crippen LogP contribution in [0.1, 0.15) is 6.92 Å². The summed E-state index contributed by atoms with van der Waals surface area (Å²) in [5.74, 6) is -1.08. The lowest BCUT2D eigenvalue weighted by Gasteiger charge is -2.31. The van der Waals surface area contributed by atoms with Crippen LogP contribution in [0.4, 0.5) is 5.69 Å². The topological polar surface area (TPSA) is 81.4 Å². The summed E-state index contributed by atoms with van der Waals surface area (Å²) in [4.78, 5) is 22.8. The molecule has 6 heteroatoms. The molecule has 1 atom stereocenters. The number of amides is 2. The quantitative estimate of drug-likeness (QED) is 0.716. The van der Waals surface area contributed by atoms with Gasteiger partial charge in [-0.25, -0.2) is 0 Å². The largest absolute Gasteiger partial charge is 0.466 e. The fourth-order valence-corrected chi connectivity index (χ4v) is 1.53. The van der Waals surface area contributed by atoms with Crippen molar-refractivity contribution in [3.05, 3.63) is 23.2 Å². The lowest BCUT2D eigenvalue weighted by atomic mass is 10.0. The Labute approximate surface area is 96.5 Å². The van der Waals surface area contributed by atoms with Gasteiger partial charge in [-0.05, 0) is 25.1 Å². The zero-order chi connectivity index (χ0) is 11.9. The number of hydrogen-bond donors (Lipinski definition) is 2. The number of nitrogens with one attached hydrogen (secondary N) is 1. The number of ether oxygens (including phenoxy) is 1. The second-order valence-electron chi connectivity index (χ2n) is 3.59. The van der Waals surface area contributed by atoms with E-state index in [2.05, 4.69) is 5.32 Å². The molecule has 0 radical (unpaired) electrons. The maximum absolute atomic E-state index is 11.7. The SMILES string of the molecule is CC1(C(N)=O)Oc2ccc(Cl)cc2NC1=O. The van der Waals surface area contributed by atoms with E-state index in [9.17, 15) is 9.59 Å². The maximum atomic E-state index is 11.7. The molecule has 1 aliphatic rings. The predicted molar refractivity (Wildman–Crippen MR) is 58.3 cm³/mol. The lowest BCUT2D eigenvalue weighted by molar-refractivity contribution is -0.144. The second-order valence-corrected chi connectivity index (χ2v) is 4.03. The van der Waals surface area contributed by atoms with Crippen LogP contribution in [0.2, 0.25) is 5.02 Å². The number of nitrogens with two attached hydrogens (primary N) is 1. The van der Waals surface area contributed by atoms with Crippen LogP contribution in [-0.2, 0) is 9.59 Å². The summed E-state index contributed by atoms with van der Waals surface area (Å²) in [7, 11) is 0. The molecule has 5 nitrogen and oxygen atoms in total. The fraction of sp³-hybridized carbons (Fsp3) is 0.200. The summed E-state index contributed by atoms with van der Waals surface area (Å²) in [5.41, 5.74) is 3.88. The van der Waals surface area contributed by atoms with E-state index in [1.54, 1.807) is 12.1 Å². The van der Waals surface area contributed by atoms with Gasteiger partial charge in [0.2, 0.25) is 0 Å². The van der Waals surface area contributed by atoms with Crippen molar-refractivity contribution in [1.82, 2.24) is 0 Å². The highest BCUT2D eigenvalue weighted by Crippen LogP contribution is 2.35. The smallest absolute Gasteiger partial charge is 0.278 e. The standard InChI is InChI=1S/C10H9ClN2O3/c1-10(8(12)14)9(15)13-6-4-5(11)2-3-7(6)16-10/h2-4H,1H3,(H2,12,14)(H,13,15). The van der Waals surface area contributed by atoms with Gasteiger partial charge in [0.05, 0.1) is 5.69 Å². The Morgan fingerprint density at radius 2 is 2.25 bits per heavy atom. The molecule has 2 rings (SSSR count). The number of halogens is 1. The van der Waals surface area contributed by atoms with Crippen LogP contribution < -0.4 is 15.8 Å². The zero-order valence-corrected chi connectivity index (χ0v) is 9.17. The normalized spacial score (nSPS) is 23.0. The average molecular weight is 241 g/mol. The molecule has 0 aromatic heterocycles. The zero-order valence-electron chi connectivity index (χ0n) is 8.41. The molecule has 0 aliphatic carbocycles. The molecule has 84 valence electrons. The fourth-order valence-electron chi connectivity index (χ4n) is 1.36. The molecule has 0 fully saturated rings. The number of benzene rings is 1. The highest BCUT2D eigenvalue weighted by atomic mass is 35.5. The first-order chi connectivity index (χ1) is 7.43. The van der Waals surface area contributed by atoms with Crippen molar-refractivity contribution in [2.45, 2.75) is 12.5 Å². The van der Waals surface area contributed by atoms with E-state index < -0.39 is 17.4 Å². The third-order valence-electron chi connectivity index (χ3n) is 2.41. The molecule has 1 aliphatic heterocycles. The van der Waals surface area contributed by atoms with Crippen LogP contribution in [0.15, 0.2) is 18.2 Å². The van der Waals surface area contributed by atoms with E-state index in [0.717, 1.165) is 0 Å². The number of anilines is 1. The number of primary amides is 1. The predicted octanol–water partition coefficient (Wildman–Crippen LogP) is 0.915. The molecule has 1 aromatic carbocycles. The maximum Gasteiger partial charge on any atom is 0.278 e. The number of hydrogen-bond acceptors (Lipinski definition) is 3. The van der Waals surface area contributed by atoms with Crippen LogP contribution in [0, 0.1) is 0 Å². The first-order valence-electron chi connectivity index (χ1n) is 4.53. The Morgan fingerprint density at radius 1 is 1.56 bits per heavy atom. The molecule has 1 heterocycles. The van der Waals surface area contributed by atoms with E-state index in [0.29, 0.717) is 16.5 Å². The van der Waals surface area contributed by atoms with Gasteiger partial charge in [0, 0.05) is 5.02 Å². The van der Waals surface area contributed by atoms with Gasteiger partial charge in [0.15, 0.2) is 0 Å². The van der Waals surface area contributed by atoms with Crippen molar-refractivity contribution in [3.63, 3.8) is 0 Å². The first-order valence-corrected chi connectivity index (χ1v) is 4.91. The molecule has 2 amide bonds. The van der Waals surface area contributed by atoms with Gasteiger partial charge >= 0.3 is 0 Å². The van der Waals surface area contributed by atoms with Crippen molar-refractivity contribution >= 4 is 29.1 Å². The number of carbonyl (C=O) groups excluding carboxylic acids is 2. The molecule has 0 spiro atoms. The Balaban J connectivity index is 2.47. The van der Waals surface area contributed by atoms with Gasteiger partial charge in [-0.2, -0.15) is 0 Å². The molecule has 0 bridgehead atoms. The van der Waals surface area contributed by atoms with Crippen LogP contribution in [0.3, 0.4) is 0 Å². The molecule has 1 unspecified atom stereocenters. The summed E-state index contributed by atoms with van der Waals surface area (Å²) in [6.07, 6.45) is 0. The summed E-state index contributed by atoms with van der Waals surface area (Å²) >= 11 is 5.76. The molecule has 0 saturated carbocycles. The third-order valence-corrected chi connectivity index (χ3v) is 2.64. The van der Waals surface area contributed by atoms with Crippen molar-refractivity contribution in [2.75, 3.05) is 5.32 Å². The Kier molecular flexibility index (Phi) is 2.27. The highest BCUT2D eigenvalue weighted by molar-refractivity contribution is 6.31. The second kappa shape index (κ2) is 3.38. The van der Waals surface area contributed by atoms with Crippen molar-refractivity contribution in [2.24, 2.45) is 5.73 Å². The van der Waals surface area contributed by atoms with E-state index in [1.165, 1.54) is 13.0 Å². The van der Waals surface area contributed by atoms with Crippen molar-refractivity contribution in [3.8, 4) is 5.75 Å². The van der Waals surface area contributed by atoms with Crippen LogP contribution in [-0.4, -0.2) is 17.4 Å². The van der Waals surface area contributed by atoms with Crippen molar-refractivity contribution in [1.29, 1.82) is 0 Å². The minimum absolute atomic E-state index is 0.366. The van der Waals surface area contributed by atoms with Crippen molar-refractivity contribution < 1.29 is 14.3 Å². The van der Waals surface area contributed by atoms with E-state index >= 15 is 0 Å². The summed E-state index contributed by atoms with van der Waals surface area (Å²) in [6.45, 7) is 1.32. The van der Waals surface area contributed by atoms with Crippen LogP contribution in [0.25, 0.3) is 0 Å². The van der Waals surface area contributed by atoms with Gasteiger partial charge in [0.25, 0.3) is 17.4 Å². The third kappa shape index (κ3) is 1.49. The monoisotopic (exact) mass is 240 g/mol. The van der Waals surface area contributed by atoms with E-state index in [1.807, 2.05) is 0 Å². The average Bonchev–Trinajstić information content (AvgIpc) is 2.20. The Hall–Kier alpha value is -1.75.